The van der Waals surface area contributed by atoms with Crippen LogP contribution in [0.1, 0.15) is 40.5 Å². The summed E-state index contributed by atoms with van der Waals surface area (Å²) in [6.07, 6.45) is 4.40. The van der Waals surface area contributed by atoms with Gasteiger partial charge in [0.2, 0.25) is 0 Å². The summed E-state index contributed by atoms with van der Waals surface area (Å²) >= 11 is 11.6. The minimum Gasteiger partial charge on any atom is -0.506 e. The van der Waals surface area contributed by atoms with E-state index in [4.69, 9.17) is 23.2 Å². The molecule has 1 unspecified atom stereocenters. The lowest BCUT2D eigenvalue weighted by Crippen LogP contribution is -2.17. The highest BCUT2D eigenvalue weighted by Crippen LogP contribution is 2.40. The number of rotatable bonds is 3. The summed E-state index contributed by atoms with van der Waals surface area (Å²) < 4.78 is 0. The first-order valence-electron chi connectivity index (χ1n) is 9.22. The van der Waals surface area contributed by atoms with E-state index in [-0.39, 0.29) is 27.3 Å². The van der Waals surface area contributed by atoms with Gasteiger partial charge in [0.25, 0.3) is 5.91 Å². The van der Waals surface area contributed by atoms with Crippen molar-refractivity contribution in [3.8, 4) is 11.5 Å². The number of carbonyl (C=O) groups excluding carboxylic acids is 1. The van der Waals surface area contributed by atoms with Crippen molar-refractivity contribution in [1.82, 2.24) is 10.4 Å². The third-order valence-electron chi connectivity index (χ3n) is 5.26. The second-order valence-corrected chi connectivity index (χ2v) is 8.13. The number of halogens is 2. The molecule has 6 nitrogen and oxygen atoms in total. The summed E-state index contributed by atoms with van der Waals surface area (Å²) in [5.41, 5.74) is 6.66. The van der Waals surface area contributed by atoms with Gasteiger partial charge in [-0.15, -0.1) is 0 Å². The molecular formula is C21H19Cl2N3O3. The van der Waals surface area contributed by atoms with Gasteiger partial charge in [-0.05, 0) is 55.0 Å². The lowest BCUT2D eigenvalue weighted by atomic mass is 9.87. The first-order valence-corrected chi connectivity index (χ1v) is 9.97. The molecule has 3 aromatic rings. The lowest BCUT2D eigenvalue weighted by molar-refractivity contribution is 0.0955. The van der Waals surface area contributed by atoms with Crippen LogP contribution in [0.3, 0.4) is 0 Å². The maximum atomic E-state index is 12.5. The fourth-order valence-corrected chi connectivity index (χ4v) is 4.14. The zero-order valence-electron chi connectivity index (χ0n) is 15.6. The van der Waals surface area contributed by atoms with Crippen molar-refractivity contribution >= 4 is 46.2 Å². The summed E-state index contributed by atoms with van der Waals surface area (Å²) in [5, 5.41) is 24.2. The Bertz CT molecular complexity index is 1150. The molecule has 0 aliphatic heterocycles. The van der Waals surface area contributed by atoms with E-state index < -0.39 is 5.75 Å². The highest BCUT2D eigenvalue weighted by Gasteiger charge is 2.20. The number of phenols is 2. The van der Waals surface area contributed by atoms with Crippen molar-refractivity contribution in [2.24, 2.45) is 11.0 Å². The van der Waals surface area contributed by atoms with Gasteiger partial charge in [0.1, 0.15) is 10.8 Å². The molecule has 0 saturated carbocycles. The van der Waals surface area contributed by atoms with Crippen LogP contribution in [-0.4, -0.2) is 27.3 Å². The maximum absolute atomic E-state index is 12.5. The molecule has 29 heavy (non-hydrogen) atoms. The van der Waals surface area contributed by atoms with Crippen molar-refractivity contribution in [3.63, 3.8) is 0 Å². The predicted molar refractivity (Wildman–Crippen MR) is 114 cm³/mol. The molecule has 1 aliphatic carbocycles. The Morgan fingerprint density at radius 1 is 1.28 bits per heavy atom. The number of carbonyl (C=O) groups is 1. The molecule has 4 rings (SSSR count). The van der Waals surface area contributed by atoms with Gasteiger partial charge in [-0.2, -0.15) is 5.10 Å². The Kier molecular flexibility index (Phi) is 5.15. The molecule has 4 N–H and O–H groups in total. The molecule has 0 radical (unpaired) electrons. The van der Waals surface area contributed by atoms with E-state index in [0.29, 0.717) is 11.5 Å². The van der Waals surface area contributed by atoms with Gasteiger partial charge >= 0.3 is 0 Å². The third-order valence-corrected chi connectivity index (χ3v) is 5.91. The van der Waals surface area contributed by atoms with Crippen LogP contribution >= 0.6 is 23.2 Å². The van der Waals surface area contributed by atoms with E-state index in [2.05, 4.69) is 22.4 Å². The van der Waals surface area contributed by atoms with E-state index in [9.17, 15) is 15.0 Å². The quantitative estimate of drug-likeness (QED) is 0.354. The first-order chi connectivity index (χ1) is 13.8. The number of benzene rings is 2. The number of aromatic amines is 1. The summed E-state index contributed by atoms with van der Waals surface area (Å²) in [6, 6.07) is 6.82. The Labute approximate surface area is 177 Å². The number of H-pyrrole nitrogens is 1. The van der Waals surface area contributed by atoms with E-state index in [1.54, 1.807) is 6.07 Å². The normalized spacial score (nSPS) is 16.3. The van der Waals surface area contributed by atoms with Gasteiger partial charge in [0.15, 0.2) is 5.75 Å². The van der Waals surface area contributed by atoms with Gasteiger partial charge in [-0.25, -0.2) is 5.43 Å². The van der Waals surface area contributed by atoms with E-state index >= 15 is 0 Å². The van der Waals surface area contributed by atoms with Gasteiger partial charge < -0.3 is 15.2 Å². The van der Waals surface area contributed by atoms with Crippen LogP contribution in [0.4, 0.5) is 0 Å². The molecule has 1 amide bonds. The Morgan fingerprint density at radius 2 is 2.07 bits per heavy atom. The Hall–Kier alpha value is -2.70. The number of nitrogens with zero attached hydrogens (tertiary/aromatic N) is 1. The summed E-state index contributed by atoms with van der Waals surface area (Å²) in [6.45, 7) is 2.24. The molecule has 0 saturated heterocycles. The fraction of sp³-hybridized carbons (Fsp3) is 0.238. The van der Waals surface area contributed by atoms with Gasteiger partial charge in [-0.1, -0.05) is 30.1 Å². The highest BCUT2D eigenvalue weighted by molar-refractivity contribution is 6.38. The number of amides is 1. The van der Waals surface area contributed by atoms with E-state index in [1.807, 2.05) is 12.1 Å². The maximum Gasteiger partial charge on any atom is 0.271 e. The second-order valence-electron chi connectivity index (χ2n) is 7.35. The molecule has 2 aromatic carbocycles. The molecule has 1 heterocycles. The van der Waals surface area contributed by atoms with Crippen LogP contribution in [0.5, 0.6) is 11.5 Å². The molecule has 8 heteroatoms. The van der Waals surface area contributed by atoms with Crippen LogP contribution in [0, 0.1) is 5.92 Å². The number of nitrogens with one attached hydrogen (secondary N) is 2. The molecule has 0 fully saturated rings. The number of hydrogen-bond donors (Lipinski definition) is 4. The zero-order chi connectivity index (χ0) is 20.7. The molecule has 0 bridgehead atoms. The van der Waals surface area contributed by atoms with Crippen molar-refractivity contribution in [2.75, 3.05) is 0 Å². The van der Waals surface area contributed by atoms with E-state index in [1.165, 1.54) is 30.0 Å². The minimum atomic E-state index is -0.413. The topological polar surface area (TPSA) is 97.7 Å². The average Bonchev–Trinajstić information content (AvgIpc) is 3.07. The summed E-state index contributed by atoms with van der Waals surface area (Å²) in [4.78, 5) is 16.0. The average molecular weight is 432 g/mol. The zero-order valence-corrected chi connectivity index (χ0v) is 17.1. The van der Waals surface area contributed by atoms with Gasteiger partial charge in [0, 0.05) is 27.7 Å². The van der Waals surface area contributed by atoms with Gasteiger partial charge in [-0.3, -0.25) is 4.79 Å². The summed E-state index contributed by atoms with van der Waals surface area (Å²) in [7, 11) is 0. The number of hydrogen-bond acceptors (Lipinski definition) is 4. The smallest absolute Gasteiger partial charge is 0.271 e. The third kappa shape index (κ3) is 3.66. The molecule has 1 aliphatic rings. The number of hydrazone groups is 1. The molecule has 1 atom stereocenters. The molecular weight excluding hydrogens is 413 g/mol. The van der Waals surface area contributed by atoms with Crippen LogP contribution in [0.2, 0.25) is 10.0 Å². The number of phenolic OH excluding ortho intramolecular Hbond substituents is 2. The van der Waals surface area contributed by atoms with Crippen molar-refractivity contribution < 1.29 is 15.0 Å². The number of fused-ring (bicyclic) bond motifs is 3. The highest BCUT2D eigenvalue weighted by atomic mass is 35.5. The standard InChI is InChI=1S/C21H19Cl2N3O3/c1-10-2-4-16-13(6-10)14-7-11(3-5-17(14)25-16)21(29)26-24-9-12-8-15(22)20(28)18(23)19(12)27/h3,5,7-10,25,27-28H,2,4,6H2,1H3,(H,26,29)/b24-9-. The Morgan fingerprint density at radius 3 is 2.86 bits per heavy atom. The van der Waals surface area contributed by atoms with Crippen molar-refractivity contribution in [2.45, 2.75) is 26.2 Å². The minimum absolute atomic E-state index is 0.0301. The SMILES string of the molecule is CC1CCc2[nH]c3ccc(C(=O)N/N=C\c4cc(Cl)c(O)c(Cl)c4O)cc3c2C1. The largest absolute Gasteiger partial charge is 0.506 e. The van der Waals surface area contributed by atoms with Crippen LogP contribution < -0.4 is 5.43 Å². The number of aryl methyl sites for hydroxylation is 1. The first kappa shape index (κ1) is 19.6. The fourth-order valence-electron chi connectivity index (χ4n) is 3.67. The van der Waals surface area contributed by atoms with Crippen LogP contribution in [-0.2, 0) is 12.8 Å². The molecule has 1 aromatic heterocycles. The number of aromatic hydroxyl groups is 2. The summed E-state index contributed by atoms with van der Waals surface area (Å²) in [5.74, 6) is -0.539. The van der Waals surface area contributed by atoms with E-state index in [0.717, 1.165) is 23.7 Å². The molecule has 0 spiro atoms. The van der Waals surface area contributed by atoms with Crippen LogP contribution in [0.15, 0.2) is 29.4 Å². The van der Waals surface area contributed by atoms with Crippen LogP contribution in [0.25, 0.3) is 10.9 Å². The Balaban J connectivity index is 1.55. The van der Waals surface area contributed by atoms with Gasteiger partial charge in [0.05, 0.1) is 11.2 Å². The lowest BCUT2D eigenvalue weighted by Gasteiger charge is -2.18. The second kappa shape index (κ2) is 7.61. The number of aromatic nitrogens is 1. The van der Waals surface area contributed by atoms with Crippen molar-refractivity contribution in [3.05, 3.63) is 56.7 Å². The monoisotopic (exact) mass is 431 g/mol. The molecule has 150 valence electrons. The predicted octanol–water partition coefficient (Wildman–Crippen LogP) is 4.77. The van der Waals surface area contributed by atoms with Crippen molar-refractivity contribution in [1.29, 1.82) is 0 Å².